The Kier molecular flexibility index (Phi) is 3.49. The molecule has 2 aromatic heterocycles. The van der Waals surface area contributed by atoms with Gasteiger partial charge in [-0.15, -0.1) is 0 Å². The smallest absolute Gasteiger partial charge is 0.257 e. The van der Waals surface area contributed by atoms with Crippen LogP contribution in [0.15, 0.2) is 51.8 Å². The zero-order chi connectivity index (χ0) is 16.7. The van der Waals surface area contributed by atoms with E-state index in [0.717, 1.165) is 35.3 Å². The number of para-hydroxylation sites is 1. The minimum Gasteiger partial charge on any atom is -0.459 e. The normalized spacial score (nSPS) is 15.4. The van der Waals surface area contributed by atoms with Crippen molar-refractivity contribution < 1.29 is 9.21 Å². The Morgan fingerprint density at radius 2 is 2.08 bits per heavy atom. The SMILES string of the molecule is Cc1cc(=O)c(C(=O)N[C@@H](c2cc3ccccc3o2)C2CC2)c[nH]1. The van der Waals surface area contributed by atoms with Crippen LogP contribution in [0.1, 0.15) is 40.7 Å². The first-order chi connectivity index (χ1) is 11.6. The number of carbonyl (C=O) groups excluding carboxylic acids is 1. The Bertz CT molecular complexity index is 933. The molecule has 0 saturated heterocycles. The van der Waals surface area contributed by atoms with Gasteiger partial charge in [0, 0.05) is 23.3 Å². The van der Waals surface area contributed by atoms with Crippen LogP contribution in [0.2, 0.25) is 0 Å². The molecule has 0 unspecified atom stereocenters. The summed E-state index contributed by atoms with van der Waals surface area (Å²) in [5, 5.41) is 3.99. The molecule has 1 aliphatic rings. The van der Waals surface area contributed by atoms with E-state index in [9.17, 15) is 9.59 Å². The van der Waals surface area contributed by atoms with E-state index in [0.29, 0.717) is 5.92 Å². The molecule has 1 saturated carbocycles. The molecule has 0 bridgehead atoms. The number of aryl methyl sites for hydroxylation is 1. The topological polar surface area (TPSA) is 75.1 Å². The molecular formula is C19H18N2O3. The zero-order valence-corrected chi connectivity index (χ0v) is 13.3. The first-order valence-electron chi connectivity index (χ1n) is 8.10. The first-order valence-corrected chi connectivity index (χ1v) is 8.10. The van der Waals surface area contributed by atoms with Gasteiger partial charge in [-0.1, -0.05) is 18.2 Å². The highest BCUT2D eigenvalue weighted by atomic mass is 16.3. The zero-order valence-electron chi connectivity index (χ0n) is 13.3. The van der Waals surface area contributed by atoms with E-state index in [2.05, 4.69) is 10.3 Å². The maximum Gasteiger partial charge on any atom is 0.257 e. The Morgan fingerprint density at radius 3 is 2.79 bits per heavy atom. The van der Waals surface area contributed by atoms with E-state index < -0.39 is 0 Å². The summed E-state index contributed by atoms with van der Waals surface area (Å²) in [6.07, 6.45) is 3.56. The predicted molar refractivity (Wildman–Crippen MR) is 90.9 cm³/mol. The maximum absolute atomic E-state index is 12.5. The molecule has 1 aromatic carbocycles. The highest BCUT2D eigenvalue weighted by Gasteiger charge is 2.36. The molecule has 3 aromatic rings. The molecule has 24 heavy (non-hydrogen) atoms. The molecule has 1 fully saturated rings. The van der Waals surface area contributed by atoms with Gasteiger partial charge >= 0.3 is 0 Å². The van der Waals surface area contributed by atoms with Gasteiger partial charge in [0.05, 0.1) is 6.04 Å². The number of benzene rings is 1. The number of nitrogens with one attached hydrogen (secondary N) is 2. The van der Waals surface area contributed by atoms with Crippen molar-refractivity contribution in [1.29, 1.82) is 0 Å². The van der Waals surface area contributed by atoms with Crippen molar-refractivity contribution >= 4 is 16.9 Å². The molecule has 0 aliphatic heterocycles. The Hall–Kier alpha value is -2.82. The molecule has 4 rings (SSSR count). The average molecular weight is 322 g/mol. The summed E-state index contributed by atoms with van der Waals surface area (Å²) in [7, 11) is 0. The number of hydrogen-bond donors (Lipinski definition) is 2. The quantitative estimate of drug-likeness (QED) is 0.774. The second-order valence-corrected chi connectivity index (χ2v) is 6.37. The summed E-state index contributed by atoms with van der Waals surface area (Å²) < 4.78 is 5.92. The van der Waals surface area contributed by atoms with Crippen molar-refractivity contribution in [3.05, 3.63) is 69.8 Å². The van der Waals surface area contributed by atoms with E-state index in [4.69, 9.17) is 4.42 Å². The third-order valence-electron chi connectivity index (χ3n) is 4.43. The summed E-state index contributed by atoms with van der Waals surface area (Å²) in [4.78, 5) is 27.5. The minimum atomic E-state index is -0.367. The lowest BCUT2D eigenvalue weighted by molar-refractivity contribution is 0.0925. The van der Waals surface area contributed by atoms with Gasteiger partial charge in [-0.3, -0.25) is 9.59 Å². The highest BCUT2D eigenvalue weighted by Crippen LogP contribution is 2.42. The van der Waals surface area contributed by atoms with Crippen LogP contribution in [0.5, 0.6) is 0 Å². The fourth-order valence-electron chi connectivity index (χ4n) is 2.98. The van der Waals surface area contributed by atoms with Crippen molar-refractivity contribution in [2.75, 3.05) is 0 Å². The Labute approximate surface area is 138 Å². The van der Waals surface area contributed by atoms with Crippen LogP contribution in [-0.2, 0) is 0 Å². The average Bonchev–Trinajstić information content (AvgIpc) is 3.30. The lowest BCUT2D eigenvalue weighted by Crippen LogP contribution is -2.33. The van der Waals surface area contributed by atoms with Crippen LogP contribution < -0.4 is 10.7 Å². The molecule has 2 heterocycles. The van der Waals surface area contributed by atoms with E-state index >= 15 is 0 Å². The van der Waals surface area contributed by atoms with Gasteiger partial charge < -0.3 is 14.7 Å². The first kappa shape index (κ1) is 14.8. The predicted octanol–water partition coefficient (Wildman–Crippen LogP) is 3.31. The number of rotatable bonds is 4. The number of fused-ring (bicyclic) bond motifs is 1. The summed E-state index contributed by atoms with van der Waals surface area (Å²) in [6, 6.07) is 11.0. The number of carbonyl (C=O) groups is 1. The monoisotopic (exact) mass is 322 g/mol. The largest absolute Gasteiger partial charge is 0.459 e. The van der Waals surface area contributed by atoms with Gasteiger partial charge in [0.25, 0.3) is 5.91 Å². The van der Waals surface area contributed by atoms with Crippen LogP contribution in [0.25, 0.3) is 11.0 Å². The molecule has 0 radical (unpaired) electrons. The van der Waals surface area contributed by atoms with Crippen LogP contribution in [0.4, 0.5) is 0 Å². The summed E-state index contributed by atoms with van der Waals surface area (Å²) in [6.45, 7) is 1.78. The molecule has 1 amide bonds. The lowest BCUT2D eigenvalue weighted by Gasteiger charge is -2.15. The van der Waals surface area contributed by atoms with E-state index in [-0.39, 0.29) is 22.9 Å². The minimum absolute atomic E-state index is 0.127. The number of aromatic nitrogens is 1. The van der Waals surface area contributed by atoms with Crippen LogP contribution in [-0.4, -0.2) is 10.9 Å². The molecule has 5 nitrogen and oxygen atoms in total. The Balaban J connectivity index is 1.64. The number of furan rings is 1. The second kappa shape index (κ2) is 5.67. The molecular weight excluding hydrogens is 304 g/mol. The van der Waals surface area contributed by atoms with Crippen LogP contribution in [0.3, 0.4) is 0 Å². The van der Waals surface area contributed by atoms with Gasteiger partial charge in [0.1, 0.15) is 16.9 Å². The van der Waals surface area contributed by atoms with E-state index in [1.165, 1.54) is 12.3 Å². The molecule has 1 atom stereocenters. The molecule has 122 valence electrons. The summed E-state index contributed by atoms with van der Waals surface area (Å²) >= 11 is 0. The fraction of sp³-hybridized carbons (Fsp3) is 0.263. The van der Waals surface area contributed by atoms with Gasteiger partial charge in [0.2, 0.25) is 0 Å². The summed E-state index contributed by atoms with van der Waals surface area (Å²) in [5.41, 5.74) is 1.39. The van der Waals surface area contributed by atoms with E-state index in [1.54, 1.807) is 6.92 Å². The number of pyridine rings is 1. The van der Waals surface area contributed by atoms with Gasteiger partial charge in [-0.25, -0.2) is 0 Å². The third kappa shape index (κ3) is 2.73. The van der Waals surface area contributed by atoms with E-state index in [1.807, 2.05) is 30.3 Å². The van der Waals surface area contributed by atoms with Crippen molar-refractivity contribution in [2.24, 2.45) is 5.92 Å². The van der Waals surface area contributed by atoms with Gasteiger partial charge in [-0.05, 0) is 37.8 Å². The number of aromatic amines is 1. The second-order valence-electron chi connectivity index (χ2n) is 6.37. The summed E-state index contributed by atoms with van der Waals surface area (Å²) in [5.74, 6) is 0.739. The van der Waals surface area contributed by atoms with Gasteiger partial charge in [0.15, 0.2) is 5.43 Å². The molecule has 2 N–H and O–H groups in total. The van der Waals surface area contributed by atoms with Crippen molar-refractivity contribution in [3.8, 4) is 0 Å². The van der Waals surface area contributed by atoms with Crippen molar-refractivity contribution in [3.63, 3.8) is 0 Å². The highest BCUT2D eigenvalue weighted by molar-refractivity contribution is 5.94. The standard InChI is InChI=1S/C19H18N2O3/c1-11-8-15(22)14(10-20-11)19(23)21-18(12-6-7-12)17-9-13-4-2-3-5-16(13)24-17/h2-5,8-10,12,18H,6-7H2,1H3,(H,20,22)(H,21,23)/t18-/m1/s1. The van der Waals surface area contributed by atoms with Crippen molar-refractivity contribution in [1.82, 2.24) is 10.3 Å². The maximum atomic E-state index is 12.5. The van der Waals surface area contributed by atoms with Gasteiger partial charge in [-0.2, -0.15) is 0 Å². The van der Waals surface area contributed by atoms with Crippen molar-refractivity contribution in [2.45, 2.75) is 25.8 Å². The number of H-pyrrole nitrogens is 1. The lowest BCUT2D eigenvalue weighted by atomic mass is 10.1. The molecule has 5 heteroatoms. The third-order valence-corrected chi connectivity index (χ3v) is 4.43. The van der Waals surface area contributed by atoms with Crippen LogP contribution >= 0.6 is 0 Å². The number of hydrogen-bond acceptors (Lipinski definition) is 3. The molecule has 1 aliphatic carbocycles. The molecule has 0 spiro atoms. The number of amides is 1. The Morgan fingerprint density at radius 1 is 1.29 bits per heavy atom. The van der Waals surface area contributed by atoms with Crippen LogP contribution in [0, 0.1) is 12.8 Å². The fourth-order valence-corrected chi connectivity index (χ4v) is 2.98.